The largest absolute Gasteiger partial charge is 0.479 e. The Morgan fingerprint density at radius 2 is 1.52 bits per heavy atom. The minimum Gasteiger partial charge on any atom is -0.479 e. The molecule has 0 bridgehead atoms. The first kappa shape index (κ1) is 35.5. The lowest BCUT2D eigenvalue weighted by molar-refractivity contribution is -0.165. The van der Waals surface area contributed by atoms with Crippen LogP contribution in [-0.4, -0.2) is 119 Å². The number of carboxylic acids is 2. The topological polar surface area (TPSA) is 203 Å². The van der Waals surface area contributed by atoms with E-state index in [0.717, 1.165) is 48.7 Å². The molecule has 48 heavy (non-hydrogen) atoms. The third-order valence-corrected chi connectivity index (χ3v) is 7.66. The Morgan fingerprint density at radius 3 is 2.12 bits per heavy atom. The fourth-order valence-electron chi connectivity index (χ4n) is 4.91. The van der Waals surface area contributed by atoms with E-state index in [1.807, 2.05) is 77.4 Å². The molecular formula is C33H39N7O8. The number of carboxylic acid groups (broad SMARTS) is 2. The number of nitrogens with one attached hydrogen (secondary N) is 1. The van der Waals surface area contributed by atoms with Gasteiger partial charge in [0.1, 0.15) is 0 Å². The van der Waals surface area contributed by atoms with Crippen LogP contribution < -0.4 is 5.32 Å². The molecule has 0 radical (unpaired) electrons. The molecule has 0 spiro atoms. The van der Waals surface area contributed by atoms with Gasteiger partial charge < -0.3 is 30.2 Å². The number of carbonyl (C=O) groups is 4. The molecule has 5 rings (SSSR count). The summed E-state index contributed by atoms with van der Waals surface area (Å²) in [6.07, 6.45) is 2.95. The summed E-state index contributed by atoms with van der Waals surface area (Å²) in [4.78, 5) is 54.4. The zero-order valence-corrected chi connectivity index (χ0v) is 26.6. The van der Waals surface area contributed by atoms with Gasteiger partial charge in [-0.25, -0.2) is 14.6 Å². The molecule has 2 atom stereocenters. The average Bonchev–Trinajstić information content (AvgIpc) is 3.70. The van der Waals surface area contributed by atoms with Crippen molar-refractivity contribution in [2.24, 2.45) is 7.05 Å². The van der Waals surface area contributed by atoms with Crippen LogP contribution in [0.3, 0.4) is 0 Å². The number of hydrogen-bond acceptors (Lipinski definition) is 9. The Kier molecular flexibility index (Phi) is 12.2. The van der Waals surface area contributed by atoms with E-state index in [1.54, 1.807) is 16.9 Å². The number of aromatic nitrogens is 4. The van der Waals surface area contributed by atoms with Gasteiger partial charge in [-0.1, -0.05) is 30.3 Å². The van der Waals surface area contributed by atoms with E-state index in [2.05, 4.69) is 22.4 Å². The lowest BCUT2D eigenvalue weighted by Crippen LogP contribution is -2.47. The Bertz CT molecular complexity index is 1700. The third kappa shape index (κ3) is 9.57. The normalized spacial score (nSPS) is 14.4. The average molecular weight is 662 g/mol. The number of aliphatic hydroxyl groups is 2. The Labute approximate surface area is 276 Å². The van der Waals surface area contributed by atoms with Crippen LogP contribution in [0, 0.1) is 0 Å². The van der Waals surface area contributed by atoms with Gasteiger partial charge in [-0.05, 0) is 49.7 Å². The number of carbonyl (C=O) groups excluding carboxylic acids is 2. The maximum atomic E-state index is 13.3. The molecule has 4 aromatic rings. The predicted octanol–water partition coefficient (Wildman–Crippen LogP) is 1.50. The fourth-order valence-corrected chi connectivity index (χ4v) is 4.91. The molecule has 1 aliphatic rings. The standard InChI is InChI=1S/C29H33N7O2.C4H6O6/c1-33-14-16-35(17-15-33)27(37)13-7-10-25-21-36(26-11-4-3-5-12-26)29(31-25)32-28(38)23-9-6-8-22(18-23)24-19-30-34(2)20-24;5-1(3(7)8)2(6)4(9)10/h3-6,8-9,11-12,18-21H,7,10,13-17H2,1-2H3,(H,31,32,38);1-2,5-6H,(H,7,8)(H,9,10)/t;1-,2-/m.1/s1. The Balaban J connectivity index is 0.000000453. The van der Waals surface area contributed by atoms with E-state index >= 15 is 0 Å². The van der Waals surface area contributed by atoms with Gasteiger partial charge in [-0.3, -0.25) is 24.2 Å². The Morgan fingerprint density at radius 1 is 0.854 bits per heavy atom. The third-order valence-electron chi connectivity index (χ3n) is 7.66. The number of anilines is 1. The number of para-hydroxylation sites is 1. The zero-order valence-electron chi connectivity index (χ0n) is 26.6. The highest BCUT2D eigenvalue weighted by molar-refractivity contribution is 6.04. The zero-order chi connectivity index (χ0) is 34.8. The second-order valence-corrected chi connectivity index (χ2v) is 11.3. The van der Waals surface area contributed by atoms with Crippen molar-refractivity contribution in [1.29, 1.82) is 0 Å². The predicted molar refractivity (Wildman–Crippen MR) is 174 cm³/mol. The summed E-state index contributed by atoms with van der Waals surface area (Å²) in [5, 5.41) is 39.7. The first-order chi connectivity index (χ1) is 22.9. The number of aliphatic hydroxyl groups excluding tert-OH is 2. The molecule has 2 aromatic heterocycles. The summed E-state index contributed by atoms with van der Waals surface area (Å²) in [6, 6.07) is 17.3. The molecule has 15 nitrogen and oxygen atoms in total. The van der Waals surface area contributed by atoms with Crippen molar-refractivity contribution < 1.29 is 39.6 Å². The molecule has 0 unspecified atom stereocenters. The number of nitrogens with zero attached hydrogens (tertiary/aromatic N) is 6. The minimum atomic E-state index is -2.27. The second-order valence-electron chi connectivity index (χ2n) is 11.3. The molecule has 5 N–H and O–H groups in total. The summed E-state index contributed by atoms with van der Waals surface area (Å²) in [6.45, 7) is 3.41. The number of piperazine rings is 1. The molecule has 0 aliphatic carbocycles. The highest BCUT2D eigenvalue weighted by Crippen LogP contribution is 2.22. The van der Waals surface area contributed by atoms with Crippen molar-refractivity contribution >= 4 is 29.7 Å². The summed E-state index contributed by atoms with van der Waals surface area (Å²) < 4.78 is 3.62. The molecule has 254 valence electrons. The van der Waals surface area contributed by atoms with Crippen molar-refractivity contribution in [3.05, 3.63) is 84.4 Å². The summed E-state index contributed by atoms with van der Waals surface area (Å²) in [5.74, 6) is -3.13. The second kappa shape index (κ2) is 16.4. The lowest BCUT2D eigenvalue weighted by Gasteiger charge is -2.32. The highest BCUT2D eigenvalue weighted by atomic mass is 16.4. The van der Waals surface area contributed by atoms with Crippen LogP contribution in [0.4, 0.5) is 5.95 Å². The number of hydrogen-bond donors (Lipinski definition) is 5. The van der Waals surface area contributed by atoms with E-state index in [1.165, 1.54) is 0 Å². The summed E-state index contributed by atoms with van der Waals surface area (Å²) in [5.41, 5.74) is 4.14. The van der Waals surface area contributed by atoms with Crippen LogP contribution in [0.25, 0.3) is 16.8 Å². The van der Waals surface area contributed by atoms with Crippen molar-refractivity contribution in [1.82, 2.24) is 29.1 Å². The van der Waals surface area contributed by atoms with E-state index in [-0.39, 0.29) is 11.8 Å². The van der Waals surface area contributed by atoms with E-state index in [4.69, 9.17) is 25.4 Å². The minimum absolute atomic E-state index is 0.197. The number of likely N-dealkylation sites (N-methyl/N-ethyl adjacent to an activating group) is 1. The van der Waals surface area contributed by atoms with Crippen molar-refractivity contribution in [2.45, 2.75) is 31.5 Å². The molecule has 1 fully saturated rings. The maximum absolute atomic E-state index is 13.3. The molecular weight excluding hydrogens is 622 g/mol. The van der Waals surface area contributed by atoms with Gasteiger partial charge in [0.2, 0.25) is 11.9 Å². The van der Waals surface area contributed by atoms with Crippen LogP contribution in [0.1, 0.15) is 28.9 Å². The number of rotatable bonds is 11. The number of benzene rings is 2. The van der Waals surface area contributed by atoms with Crippen LogP contribution in [0.15, 0.2) is 73.2 Å². The monoisotopic (exact) mass is 661 g/mol. The molecule has 1 aliphatic heterocycles. The van der Waals surface area contributed by atoms with E-state index < -0.39 is 24.1 Å². The van der Waals surface area contributed by atoms with Gasteiger partial charge >= 0.3 is 11.9 Å². The van der Waals surface area contributed by atoms with E-state index in [9.17, 15) is 19.2 Å². The summed E-state index contributed by atoms with van der Waals surface area (Å²) in [7, 11) is 3.95. The van der Waals surface area contributed by atoms with Crippen LogP contribution >= 0.6 is 0 Å². The molecule has 2 aromatic carbocycles. The van der Waals surface area contributed by atoms with Gasteiger partial charge in [0.15, 0.2) is 12.2 Å². The Hall–Kier alpha value is -5.38. The first-order valence-electron chi connectivity index (χ1n) is 15.2. The van der Waals surface area contributed by atoms with Crippen LogP contribution in [0.5, 0.6) is 0 Å². The molecule has 3 heterocycles. The highest BCUT2D eigenvalue weighted by Gasteiger charge is 2.29. The van der Waals surface area contributed by atoms with Gasteiger partial charge in [-0.15, -0.1) is 0 Å². The smallest absolute Gasteiger partial charge is 0.335 e. The SMILES string of the molecule is CN1CCN(C(=O)CCCc2cn(-c3ccccc3)c(NC(=O)c3cccc(-c4cnn(C)c4)c3)n2)CC1.O=C(O)[C@H](O)[C@@H](O)C(=O)O. The van der Waals surface area contributed by atoms with Gasteiger partial charge in [-0.2, -0.15) is 5.10 Å². The molecule has 0 saturated carbocycles. The van der Waals surface area contributed by atoms with Crippen LogP contribution in [-0.2, 0) is 27.9 Å². The van der Waals surface area contributed by atoms with Crippen molar-refractivity contribution in [3.63, 3.8) is 0 Å². The fraction of sp³-hybridized carbons (Fsp3) is 0.333. The van der Waals surface area contributed by atoms with Gasteiger partial charge in [0, 0.05) is 68.9 Å². The first-order valence-corrected chi connectivity index (χ1v) is 15.2. The number of aryl methyl sites for hydroxylation is 2. The van der Waals surface area contributed by atoms with Gasteiger partial charge in [0.25, 0.3) is 5.91 Å². The number of amides is 2. The number of imidazole rings is 1. The van der Waals surface area contributed by atoms with Crippen LogP contribution in [0.2, 0.25) is 0 Å². The molecule has 15 heteroatoms. The van der Waals surface area contributed by atoms with Crippen molar-refractivity contribution in [3.8, 4) is 16.8 Å². The van der Waals surface area contributed by atoms with E-state index in [0.29, 0.717) is 30.8 Å². The lowest BCUT2D eigenvalue weighted by atomic mass is 10.1. The number of aliphatic carboxylic acids is 2. The van der Waals surface area contributed by atoms with Crippen molar-refractivity contribution in [2.75, 3.05) is 38.5 Å². The molecule has 2 amide bonds. The quantitative estimate of drug-likeness (QED) is 0.156. The molecule has 1 saturated heterocycles. The van der Waals surface area contributed by atoms with Gasteiger partial charge in [0.05, 0.1) is 11.9 Å². The maximum Gasteiger partial charge on any atom is 0.335 e. The summed E-state index contributed by atoms with van der Waals surface area (Å²) >= 11 is 0.